The average Bonchev–Trinajstić information content (AvgIpc) is 3.13. The maximum Gasteiger partial charge on any atom is 0.340 e. The van der Waals surface area contributed by atoms with Gasteiger partial charge in [0.2, 0.25) is 5.91 Å². The van der Waals surface area contributed by atoms with Crippen LogP contribution < -0.4 is 10.9 Å². The van der Waals surface area contributed by atoms with E-state index in [9.17, 15) is 14.4 Å². The van der Waals surface area contributed by atoms with Gasteiger partial charge >= 0.3 is 11.6 Å². The van der Waals surface area contributed by atoms with Gasteiger partial charge in [0.05, 0.1) is 17.5 Å². The van der Waals surface area contributed by atoms with Crippen molar-refractivity contribution in [1.82, 2.24) is 14.8 Å². The van der Waals surface area contributed by atoms with Gasteiger partial charge in [0.15, 0.2) is 5.65 Å². The number of benzene rings is 1. The highest BCUT2D eigenvalue weighted by molar-refractivity contribution is 5.95. The molecule has 3 aromatic heterocycles. The number of aromatic nitrogens is 3. The summed E-state index contributed by atoms with van der Waals surface area (Å²) in [5.74, 6) is -0.790. The molecule has 0 bridgehead atoms. The van der Waals surface area contributed by atoms with Gasteiger partial charge in [-0.05, 0) is 39.0 Å². The standard InChI is InChI=1S/C23H22N4O5/c1-12(2)27-22-15(10-24-27)7-19(13(3)25-22)23(30)31-11-16-8-21(29)32-20-9-17(26-14(4)28)5-6-18(16)20/h5-10,12H,11H2,1-4H3,(H,26,28). The lowest BCUT2D eigenvalue weighted by Crippen LogP contribution is -2.11. The summed E-state index contributed by atoms with van der Waals surface area (Å²) in [6.45, 7) is 7.02. The van der Waals surface area contributed by atoms with Crippen LogP contribution in [-0.4, -0.2) is 26.6 Å². The number of fused-ring (bicyclic) bond motifs is 2. The van der Waals surface area contributed by atoms with E-state index in [-0.39, 0.29) is 24.1 Å². The fourth-order valence-corrected chi connectivity index (χ4v) is 3.50. The lowest BCUT2D eigenvalue weighted by atomic mass is 10.1. The Kier molecular flexibility index (Phi) is 5.48. The number of nitrogens with one attached hydrogen (secondary N) is 1. The van der Waals surface area contributed by atoms with Crippen LogP contribution in [0.5, 0.6) is 0 Å². The van der Waals surface area contributed by atoms with E-state index in [1.807, 2.05) is 13.8 Å². The third kappa shape index (κ3) is 4.09. The number of ether oxygens (including phenoxy) is 1. The minimum absolute atomic E-state index is 0.122. The minimum atomic E-state index is -0.580. The Morgan fingerprint density at radius 1 is 1.22 bits per heavy atom. The smallest absolute Gasteiger partial charge is 0.340 e. The third-order valence-electron chi connectivity index (χ3n) is 4.98. The Morgan fingerprint density at radius 2 is 2.00 bits per heavy atom. The van der Waals surface area contributed by atoms with Crippen molar-refractivity contribution in [2.75, 3.05) is 5.32 Å². The molecule has 164 valence electrons. The Bertz CT molecular complexity index is 1420. The molecule has 1 amide bonds. The molecule has 32 heavy (non-hydrogen) atoms. The molecule has 0 spiro atoms. The maximum absolute atomic E-state index is 12.8. The topological polar surface area (TPSA) is 116 Å². The van der Waals surface area contributed by atoms with Crippen LogP contribution in [0.15, 0.2) is 45.7 Å². The van der Waals surface area contributed by atoms with E-state index >= 15 is 0 Å². The van der Waals surface area contributed by atoms with Crippen molar-refractivity contribution in [2.24, 2.45) is 0 Å². The average molecular weight is 434 g/mol. The molecule has 0 saturated heterocycles. The highest BCUT2D eigenvalue weighted by Crippen LogP contribution is 2.23. The van der Waals surface area contributed by atoms with Gasteiger partial charge in [-0.25, -0.2) is 19.3 Å². The number of hydrogen-bond acceptors (Lipinski definition) is 7. The first-order chi connectivity index (χ1) is 15.2. The van der Waals surface area contributed by atoms with Crippen molar-refractivity contribution in [3.63, 3.8) is 0 Å². The molecule has 1 N–H and O–H groups in total. The number of carbonyl (C=O) groups is 2. The second-order valence-electron chi connectivity index (χ2n) is 7.78. The molecule has 0 aliphatic rings. The van der Waals surface area contributed by atoms with Crippen LogP contribution in [-0.2, 0) is 16.1 Å². The first kappa shape index (κ1) is 21.2. The molecule has 4 rings (SSSR count). The molecule has 4 aromatic rings. The summed E-state index contributed by atoms with van der Waals surface area (Å²) >= 11 is 0. The lowest BCUT2D eigenvalue weighted by molar-refractivity contribution is -0.114. The molecule has 0 saturated carbocycles. The number of aryl methyl sites for hydroxylation is 1. The van der Waals surface area contributed by atoms with Crippen molar-refractivity contribution in [3.8, 4) is 0 Å². The van der Waals surface area contributed by atoms with Crippen molar-refractivity contribution in [3.05, 3.63) is 63.8 Å². The zero-order chi connectivity index (χ0) is 23.0. The maximum atomic E-state index is 12.8. The van der Waals surface area contributed by atoms with E-state index < -0.39 is 11.6 Å². The molecule has 3 heterocycles. The van der Waals surface area contributed by atoms with Gasteiger partial charge in [-0.15, -0.1) is 0 Å². The van der Waals surface area contributed by atoms with E-state index in [2.05, 4.69) is 15.4 Å². The summed E-state index contributed by atoms with van der Waals surface area (Å²) in [5, 5.41) is 8.32. The van der Waals surface area contributed by atoms with Crippen molar-refractivity contribution >= 4 is 39.6 Å². The number of amides is 1. The zero-order valence-electron chi connectivity index (χ0n) is 18.1. The van der Waals surface area contributed by atoms with E-state index in [1.165, 1.54) is 13.0 Å². The van der Waals surface area contributed by atoms with Crippen LogP contribution in [0.1, 0.15) is 48.4 Å². The molecule has 0 aliphatic carbocycles. The highest BCUT2D eigenvalue weighted by Gasteiger charge is 2.17. The molecule has 1 aromatic carbocycles. The predicted octanol–water partition coefficient (Wildman–Crippen LogP) is 3.74. The van der Waals surface area contributed by atoms with Crippen molar-refractivity contribution in [1.29, 1.82) is 0 Å². The number of nitrogens with zero attached hydrogens (tertiary/aromatic N) is 3. The molecule has 0 aliphatic heterocycles. The number of rotatable bonds is 5. The molecular formula is C23H22N4O5. The summed E-state index contributed by atoms with van der Waals surface area (Å²) in [7, 11) is 0. The van der Waals surface area contributed by atoms with Crippen LogP contribution >= 0.6 is 0 Å². The molecular weight excluding hydrogens is 412 g/mol. The van der Waals surface area contributed by atoms with Gasteiger partial charge in [0.25, 0.3) is 0 Å². The summed E-state index contributed by atoms with van der Waals surface area (Å²) in [6, 6.07) is 8.08. The SMILES string of the molecule is CC(=O)Nc1ccc2c(COC(=O)c3cc4cnn(C(C)C)c4nc3C)cc(=O)oc2c1. The molecule has 0 fully saturated rings. The van der Waals surface area contributed by atoms with E-state index in [4.69, 9.17) is 9.15 Å². The highest BCUT2D eigenvalue weighted by atomic mass is 16.5. The molecule has 0 atom stereocenters. The number of esters is 1. The van der Waals surface area contributed by atoms with E-state index in [0.29, 0.717) is 33.5 Å². The number of carbonyl (C=O) groups excluding carboxylic acids is 2. The summed E-state index contributed by atoms with van der Waals surface area (Å²) in [4.78, 5) is 40.6. The number of hydrogen-bond donors (Lipinski definition) is 1. The van der Waals surface area contributed by atoms with E-state index in [1.54, 1.807) is 42.1 Å². The van der Waals surface area contributed by atoms with Crippen LogP contribution in [0.3, 0.4) is 0 Å². The second kappa shape index (κ2) is 8.26. The predicted molar refractivity (Wildman–Crippen MR) is 119 cm³/mol. The lowest BCUT2D eigenvalue weighted by Gasteiger charge is -2.11. The van der Waals surface area contributed by atoms with Crippen LogP contribution in [0.2, 0.25) is 0 Å². The summed E-state index contributed by atoms with van der Waals surface area (Å²) in [6.07, 6.45) is 1.67. The zero-order valence-corrected chi connectivity index (χ0v) is 18.1. The van der Waals surface area contributed by atoms with Crippen LogP contribution in [0, 0.1) is 6.92 Å². The van der Waals surface area contributed by atoms with Gasteiger partial charge in [0.1, 0.15) is 12.2 Å². The Labute approximate surface area is 183 Å². The fraction of sp³-hybridized carbons (Fsp3) is 0.261. The Hall–Kier alpha value is -4.01. The minimum Gasteiger partial charge on any atom is -0.457 e. The largest absolute Gasteiger partial charge is 0.457 e. The summed E-state index contributed by atoms with van der Waals surface area (Å²) < 4.78 is 12.5. The molecule has 0 radical (unpaired) electrons. The first-order valence-electron chi connectivity index (χ1n) is 10.1. The number of pyridine rings is 1. The first-order valence-corrected chi connectivity index (χ1v) is 10.1. The third-order valence-corrected chi connectivity index (χ3v) is 4.98. The molecule has 0 unspecified atom stereocenters. The van der Waals surface area contributed by atoms with Gasteiger partial charge in [-0.3, -0.25) is 4.79 Å². The normalized spacial score (nSPS) is 11.3. The second-order valence-corrected chi connectivity index (χ2v) is 7.78. The van der Waals surface area contributed by atoms with Gasteiger partial charge in [-0.1, -0.05) is 0 Å². The van der Waals surface area contributed by atoms with Crippen LogP contribution in [0.25, 0.3) is 22.0 Å². The fourth-order valence-electron chi connectivity index (χ4n) is 3.50. The van der Waals surface area contributed by atoms with E-state index in [0.717, 1.165) is 5.39 Å². The Balaban J connectivity index is 1.60. The monoisotopic (exact) mass is 434 g/mol. The van der Waals surface area contributed by atoms with Gasteiger partial charge < -0.3 is 14.5 Å². The van der Waals surface area contributed by atoms with Gasteiger partial charge in [-0.2, -0.15) is 5.10 Å². The van der Waals surface area contributed by atoms with Crippen molar-refractivity contribution < 1.29 is 18.7 Å². The molecule has 9 heteroatoms. The van der Waals surface area contributed by atoms with Crippen molar-refractivity contribution in [2.45, 2.75) is 40.3 Å². The quantitative estimate of drug-likeness (QED) is 0.376. The summed E-state index contributed by atoms with van der Waals surface area (Å²) in [5.41, 5.74) is 2.27. The Morgan fingerprint density at radius 3 is 2.72 bits per heavy atom. The van der Waals surface area contributed by atoms with Crippen LogP contribution in [0.4, 0.5) is 5.69 Å². The van der Waals surface area contributed by atoms with Gasteiger partial charge in [0, 0.05) is 47.1 Å². The number of anilines is 1. The molecule has 9 nitrogen and oxygen atoms in total.